The van der Waals surface area contributed by atoms with Crippen molar-refractivity contribution in [2.75, 3.05) is 0 Å². The van der Waals surface area contributed by atoms with Gasteiger partial charge in [-0.2, -0.15) is 0 Å². The van der Waals surface area contributed by atoms with E-state index < -0.39 is 0 Å². The molecule has 1 N–H and O–H groups in total. The smallest absolute Gasteiger partial charge is 0.267 e. The summed E-state index contributed by atoms with van der Waals surface area (Å²) in [5, 5.41) is 11.1. The first-order valence-electron chi connectivity index (χ1n) is 9.54. The predicted octanol–water partition coefficient (Wildman–Crippen LogP) is 6.97. The molecule has 0 spiro atoms. The van der Waals surface area contributed by atoms with Crippen LogP contribution >= 0.6 is 56.9 Å². The molecule has 3 aromatic rings. The third kappa shape index (κ3) is 4.98. The van der Waals surface area contributed by atoms with Gasteiger partial charge >= 0.3 is 0 Å². The minimum absolute atomic E-state index is 0.121. The Morgan fingerprint density at radius 2 is 1.68 bits per heavy atom. The highest BCUT2D eigenvalue weighted by Crippen LogP contribution is 2.40. The van der Waals surface area contributed by atoms with Gasteiger partial charge in [0.25, 0.3) is 5.91 Å². The fraction of sp³-hybridized carbons (Fsp3) is 0.0833. The van der Waals surface area contributed by atoms with E-state index in [1.165, 1.54) is 11.8 Å². The van der Waals surface area contributed by atoms with Crippen LogP contribution in [0.1, 0.15) is 24.1 Å². The molecule has 0 aliphatic carbocycles. The van der Waals surface area contributed by atoms with E-state index in [1.54, 1.807) is 11.0 Å². The molecule has 0 saturated carbocycles. The van der Waals surface area contributed by atoms with Gasteiger partial charge in [0, 0.05) is 9.13 Å². The Morgan fingerprint density at radius 3 is 2.35 bits per heavy atom. The number of amides is 1. The Labute approximate surface area is 212 Å². The molecule has 1 amide bonds. The van der Waals surface area contributed by atoms with Crippen molar-refractivity contribution >= 4 is 79.8 Å². The van der Waals surface area contributed by atoms with Crippen molar-refractivity contribution in [1.82, 2.24) is 4.90 Å². The summed E-state index contributed by atoms with van der Waals surface area (Å²) < 4.78 is 1.74. The molecule has 1 heterocycles. The second-order valence-corrected chi connectivity index (χ2v) is 10.3. The molecule has 4 rings (SSSR count). The van der Waals surface area contributed by atoms with Crippen LogP contribution in [0.15, 0.2) is 82.7 Å². The van der Waals surface area contributed by atoms with E-state index >= 15 is 0 Å². The Morgan fingerprint density at radius 1 is 1.03 bits per heavy atom. The van der Waals surface area contributed by atoms with Gasteiger partial charge < -0.3 is 5.11 Å². The molecule has 0 aromatic heterocycles. The molecule has 0 radical (unpaired) electrons. The van der Waals surface area contributed by atoms with Gasteiger partial charge in [-0.3, -0.25) is 9.69 Å². The lowest BCUT2D eigenvalue weighted by atomic mass is 10.1. The number of carbonyl (C=O) groups is 1. The highest BCUT2D eigenvalue weighted by Gasteiger charge is 2.37. The summed E-state index contributed by atoms with van der Waals surface area (Å²) in [6, 6.07) is 23.1. The summed E-state index contributed by atoms with van der Waals surface area (Å²) in [6.45, 7) is 2.00. The second-order valence-electron chi connectivity index (χ2n) is 6.93. The van der Waals surface area contributed by atoms with E-state index in [0.29, 0.717) is 15.6 Å². The first-order chi connectivity index (χ1) is 14.9. The van der Waals surface area contributed by atoms with Crippen LogP contribution in [0, 0.1) is 7.14 Å². The molecule has 1 fully saturated rings. The molecule has 1 atom stereocenters. The zero-order valence-electron chi connectivity index (χ0n) is 16.5. The van der Waals surface area contributed by atoms with Crippen LogP contribution in [0.3, 0.4) is 0 Å². The largest absolute Gasteiger partial charge is 0.506 e. The maximum Gasteiger partial charge on any atom is 0.267 e. The van der Waals surface area contributed by atoms with Crippen molar-refractivity contribution in [3.05, 3.63) is 96.0 Å². The number of rotatable bonds is 4. The van der Waals surface area contributed by atoms with Crippen LogP contribution in [0.5, 0.6) is 5.75 Å². The van der Waals surface area contributed by atoms with Crippen molar-refractivity contribution in [2.24, 2.45) is 4.99 Å². The summed E-state index contributed by atoms with van der Waals surface area (Å²) in [5.41, 5.74) is 2.45. The van der Waals surface area contributed by atoms with Crippen molar-refractivity contribution < 1.29 is 9.90 Å². The van der Waals surface area contributed by atoms with Gasteiger partial charge in [0.15, 0.2) is 5.17 Å². The molecule has 31 heavy (non-hydrogen) atoms. The monoisotopic (exact) mass is 652 g/mol. The fourth-order valence-corrected chi connectivity index (χ4v) is 6.19. The summed E-state index contributed by atoms with van der Waals surface area (Å²) in [5.74, 6) is 0.0577. The quantitative estimate of drug-likeness (QED) is 0.245. The number of phenolic OH excluding ortho intramolecular Hbond substituents is 1. The zero-order valence-corrected chi connectivity index (χ0v) is 21.6. The number of aliphatic imine (C=N–C) groups is 1. The molecular formula is C24H18I2N2O2S. The third-order valence-corrected chi connectivity index (χ3v) is 7.26. The number of phenols is 1. The highest BCUT2D eigenvalue weighted by molar-refractivity contribution is 14.1. The van der Waals surface area contributed by atoms with Gasteiger partial charge in [0.2, 0.25) is 0 Å². The number of halogens is 2. The van der Waals surface area contributed by atoms with Crippen molar-refractivity contribution in [3.8, 4) is 5.75 Å². The average molecular weight is 652 g/mol. The van der Waals surface area contributed by atoms with E-state index in [1.807, 2.05) is 79.7 Å². The Kier molecular flexibility index (Phi) is 7.02. The summed E-state index contributed by atoms with van der Waals surface area (Å²) in [4.78, 5) is 20.5. The van der Waals surface area contributed by atoms with Gasteiger partial charge in [0.05, 0.1) is 20.2 Å². The Balaban J connectivity index is 1.78. The molecule has 1 aliphatic rings. The van der Waals surface area contributed by atoms with Gasteiger partial charge in [-0.05, 0) is 99.8 Å². The van der Waals surface area contributed by atoms with Crippen LogP contribution in [-0.2, 0) is 4.79 Å². The van der Waals surface area contributed by atoms with E-state index in [0.717, 1.165) is 18.4 Å². The van der Waals surface area contributed by atoms with Gasteiger partial charge in [-0.1, -0.05) is 48.5 Å². The topological polar surface area (TPSA) is 52.9 Å². The lowest BCUT2D eigenvalue weighted by Crippen LogP contribution is -2.32. The molecule has 1 saturated heterocycles. The van der Waals surface area contributed by atoms with Gasteiger partial charge in [-0.25, -0.2) is 4.99 Å². The zero-order chi connectivity index (χ0) is 22.0. The number of benzene rings is 3. The summed E-state index contributed by atoms with van der Waals surface area (Å²) in [7, 11) is 0. The number of para-hydroxylation sites is 1. The third-order valence-electron chi connectivity index (χ3n) is 4.83. The molecule has 4 nitrogen and oxygen atoms in total. The number of aromatic hydroxyl groups is 1. The van der Waals surface area contributed by atoms with Crippen LogP contribution in [0.4, 0.5) is 5.69 Å². The van der Waals surface area contributed by atoms with Crippen LogP contribution < -0.4 is 0 Å². The van der Waals surface area contributed by atoms with E-state index in [9.17, 15) is 9.90 Å². The first-order valence-corrected chi connectivity index (χ1v) is 12.5. The van der Waals surface area contributed by atoms with Crippen molar-refractivity contribution in [1.29, 1.82) is 0 Å². The standard InChI is InChI=1S/C24H18I2N2O2S/c1-15(16-8-4-2-5-9-16)28-23(30)21(13-17-12-18(25)14-20(26)22(17)29)31-24(28)27-19-10-6-3-7-11-19/h2-15,29H,1H3/b21-13+,27-24?/t15-/m1/s1. The molecular weight excluding hydrogens is 634 g/mol. The minimum atomic E-state index is -0.181. The normalized spacial score (nSPS) is 17.5. The fourth-order valence-electron chi connectivity index (χ4n) is 3.24. The maximum absolute atomic E-state index is 13.5. The molecule has 3 aromatic carbocycles. The number of thioether (sulfide) groups is 1. The summed E-state index contributed by atoms with van der Waals surface area (Å²) >= 11 is 5.64. The molecule has 1 aliphatic heterocycles. The maximum atomic E-state index is 13.5. The van der Waals surface area contributed by atoms with Crippen molar-refractivity contribution in [3.63, 3.8) is 0 Å². The second kappa shape index (κ2) is 9.74. The molecule has 0 bridgehead atoms. The van der Waals surface area contributed by atoms with Crippen LogP contribution in [0.2, 0.25) is 0 Å². The summed E-state index contributed by atoms with van der Waals surface area (Å²) in [6.07, 6.45) is 1.75. The van der Waals surface area contributed by atoms with Gasteiger partial charge in [0.1, 0.15) is 5.75 Å². The predicted molar refractivity (Wildman–Crippen MR) is 144 cm³/mol. The number of nitrogens with zero attached hydrogens (tertiary/aromatic N) is 2. The van der Waals surface area contributed by atoms with Crippen molar-refractivity contribution in [2.45, 2.75) is 13.0 Å². The molecule has 0 unspecified atom stereocenters. The average Bonchev–Trinajstić information content (AvgIpc) is 3.07. The minimum Gasteiger partial charge on any atom is -0.506 e. The SMILES string of the molecule is C[C@H](c1ccccc1)N1C(=O)/C(=C\c2cc(I)cc(I)c2O)SC1=Nc1ccccc1. The molecule has 156 valence electrons. The van der Waals surface area contributed by atoms with Gasteiger partial charge in [-0.15, -0.1) is 0 Å². The van der Waals surface area contributed by atoms with E-state index in [2.05, 4.69) is 45.2 Å². The Hall–Kier alpha value is -1.85. The highest BCUT2D eigenvalue weighted by atomic mass is 127. The van der Waals surface area contributed by atoms with Crippen LogP contribution in [-0.4, -0.2) is 21.1 Å². The number of amidine groups is 1. The molecule has 7 heteroatoms. The lowest BCUT2D eigenvalue weighted by Gasteiger charge is -2.24. The number of hydrogen-bond donors (Lipinski definition) is 1. The number of carbonyl (C=O) groups excluding carboxylic acids is 1. The lowest BCUT2D eigenvalue weighted by molar-refractivity contribution is -0.123. The number of hydrogen-bond acceptors (Lipinski definition) is 4. The van der Waals surface area contributed by atoms with Crippen LogP contribution in [0.25, 0.3) is 6.08 Å². The Bertz CT molecular complexity index is 1180. The van der Waals surface area contributed by atoms with E-state index in [4.69, 9.17) is 4.99 Å². The first kappa shape index (κ1) is 22.3. The van der Waals surface area contributed by atoms with E-state index in [-0.39, 0.29) is 17.7 Å².